The number of morpholine rings is 1. The maximum absolute atomic E-state index is 12.9. The van der Waals surface area contributed by atoms with E-state index in [9.17, 15) is 9.59 Å². The van der Waals surface area contributed by atoms with E-state index in [1.807, 2.05) is 57.2 Å². The van der Waals surface area contributed by atoms with Crippen LogP contribution in [0.1, 0.15) is 30.0 Å². The van der Waals surface area contributed by atoms with Gasteiger partial charge in [0.2, 0.25) is 0 Å². The summed E-state index contributed by atoms with van der Waals surface area (Å²) >= 11 is 0. The van der Waals surface area contributed by atoms with Gasteiger partial charge in [-0.25, -0.2) is 9.78 Å². The summed E-state index contributed by atoms with van der Waals surface area (Å²) in [6, 6.07) is 12.6. The summed E-state index contributed by atoms with van der Waals surface area (Å²) in [6.07, 6.45) is -0.0892. The summed E-state index contributed by atoms with van der Waals surface area (Å²) in [7, 11) is 0. The van der Waals surface area contributed by atoms with Crippen molar-refractivity contribution in [3.8, 4) is 11.5 Å². The Hall–Kier alpha value is -3.19. The van der Waals surface area contributed by atoms with Crippen molar-refractivity contribution in [2.75, 3.05) is 19.7 Å². The van der Waals surface area contributed by atoms with Crippen LogP contribution in [0.15, 0.2) is 46.9 Å². The van der Waals surface area contributed by atoms with E-state index in [4.69, 9.17) is 13.9 Å². The molecule has 1 saturated heterocycles. The van der Waals surface area contributed by atoms with E-state index in [1.54, 1.807) is 11.0 Å². The van der Waals surface area contributed by atoms with E-state index in [2.05, 4.69) is 4.98 Å². The molecule has 30 heavy (non-hydrogen) atoms. The van der Waals surface area contributed by atoms with Crippen molar-refractivity contribution < 1.29 is 23.5 Å². The Morgan fingerprint density at radius 2 is 1.87 bits per heavy atom. The monoisotopic (exact) mass is 408 g/mol. The maximum Gasteiger partial charge on any atom is 0.339 e. The molecule has 0 aliphatic carbocycles. The first kappa shape index (κ1) is 20.1. The van der Waals surface area contributed by atoms with Gasteiger partial charge in [-0.05, 0) is 45.0 Å². The van der Waals surface area contributed by atoms with Crippen LogP contribution in [-0.4, -0.2) is 53.7 Å². The number of fused-ring (bicyclic) bond motifs is 1. The standard InChI is InChI=1S/C23H24N2O5/c1-14-8-9-21(30-14)20-10-18(17-6-4-5-7-19(17)24-20)23(27)28-13-22(26)25-11-15(2)29-16(3)12-25/h4-10,15-16H,11-13H2,1-3H3/t15-,16+. The van der Waals surface area contributed by atoms with Crippen LogP contribution in [0, 0.1) is 6.92 Å². The van der Waals surface area contributed by atoms with Crippen molar-refractivity contribution >= 4 is 22.8 Å². The Kier molecular flexibility index (Phi) is 5.55. The van der Waals surface area contributed by atoms with Gasteiger partial charge in [0.1, 0.15) is 11.5 Å². The lowest BCUT2D eigenvalue weighted by Gasteiger charge is -2.35. The molecule has 0 saturated carbocycles. The molecule has 0 radical (unpaired) electrons. The van der Waals surface area contributed by atoms with Crippen LogP contribution in [-0.2, 0) is 14.3 Å². The number of carbonyl (C=O) groups excluding carboxylic acids is 2. The van der Waals surface area contributed by atoms with E-state index in [-0.39, 0.29) is 24.7 Å². The van der Waals surface area contributed by atoms with Crippen molar-refractivity contribution in [2.45, 2.75) is 33.0 Å². The van der Waals surface area contributed by atoms with Crippen LogP contribution in [0.2, 0.25) is 0 Å². The van der Waals surface area contributed by atoms with Gasteiger partial charge in [0, 0.05) is 18.5 Å². The minimum Gasteiger partial charge on any atom is -0.460 e. The fourth-order valence-corrected chi connectivity index (χ4v) is 3.72. The molecule has 4 rings (SSSR count). The van der Waals surface area contributed by atoms with Gasteiger partial charge in [-0.15, -0.1) is 0 Å². The second-order valence-electron chi connectivity index (χ2n) is 7.61. The number of nitrogens with zero attached hydrogens (tertiary/aromatic N) is 2. The van der Waals surface area contributed by atoms with Crippen LogP contribution >= 0.6 is 0 Å². The fraction of sp³-hybridized carbons (Fsp3) is 0.348. The normalized spacial score (nSPS) is 19.1. The summed E-state index contributed by atoms with van der Waals surface area (Å²) in [5.74, 6) is 0.523. The fourth-order valence-electron chi connectivity index (χ4n) is 3.72. The molecule has 7 heteroatoms. The number of esters is 1. The third-order valence-electron chi connectivity index (χ3n) is 5.03. The summed E-state index contributed by atoms with van der Waals surface area (Å²) in [4.78, 5) is 31.7. The van der Waals surface area contributed by atoms with E-state index in [1.165, 1.54) is 0 Å². The number of hydrogen-bond acceptors (Lipinski definition) is 6. The van der Waals surface area contributed by atoms with Gasteiger partial charge >= 0.3 is 5.97 Å². The van der Waals surface area contributed by atoms with Crippen molar-refractivity contribution in [3.05, 3.63) is 53.8 Å². The van der Waals surface area contributed by atoms with Crippen LogP contribution in [0.4, 0.5) is 0 Å². The number of ether oxygens (including phenoxy) is 2. The Balaban J connectivity index is 1.56. The number of rotatable bonds is 4. The third kappa shape index (κ3) is 4.21. The highest BCUT2D eigenvalue weighted by atomic mass is 16.5. The number of furan rings is 1. The number of benzene rings is 1. The van der Waals surface area contributed by atoms with Crippen LogP contribution in [0.25, 0.3) is 22.4 Å². The largest absolute Gasteiger partial charge is 0.460 e. The highest BCUT2D eigenvalue weighted by Crippen LogP contribution is 2.26. The van der Waals surface area contributed by atoms with Crippen LogP contribution in [0.5, 0.6) is 0 Å². The smallest absolute Gasteiger partial charge is 0.339 e. The van der Waals surface area contributed by atoms with Crippen molar-refractivity contribution in [3.63, 3.8) is 0 Å². The minimum atomic E-state index is -0.569. The van der Waals surface area contributed by atoms with Crippen molar-refractivity contribution in [2.24, 2.45) is 0 Å². The number of hydrogen-bond donors (Lipinski definition) is 0. The molecular formula is C23H24N2O5. The average molecular weight is 408 g/mol. The van der Waals surface area contributed by atoms with Gasteiger partial charge in [0.15, 0.2) is 12.4 Å². The highest BCUT2D eigenvalue weighted by Gasteiger charge is 2.27. The Labute approximate surface area is 174 Å². The molecule has 0 bridgehead atoms. The molecule has 3 aromatic rings. The zero-order valence-electron chi connectivity index (χ0n) is 17.3. The number of aromatic nitrogens is 1. The van der Waals surface area contributed by atoms with E-state index < -0.39 is 5.97 Å². The van der Waals surface area contributed by atoms with Crippen molar-refractivity contribution in [1.82, 2.24) is 9.88 Å². The van der Waals surface area contributed by atoms with Crippen LogP contribution in [0.3, 0.4) is 0 Å². The van der Waals surface area contributed by atoms with E-state index in [0.29, 0.717) is 41.0 Å². The lowest BCUT2D eigenvalue weighted by atomic mass is 10.1. The summed E-state index contributed by atoms with van der Waals surface area (Å²) in [5, 5.41) is 0.663. The number of aryl methyl sites for hydroxylation is 1. The molecule has 1 aliphatic rings. The molecule has 3 heterocycles. The zero-order valence-corrected chi connectivity index (χ0v) is 17.3. The molecule has 1 amide bonds. The zero-order chi connectivity index (χ0) is 21.3. The molecule has 1 aliphatic heterocycles. The molecule has 2 atom stereocenters. The number of para-hydroxylation sites is 1. The molecule has 1 fully saturated rings. The Bertz CT molecular complexity index is 1080. The predicted octanol–water partition coefficient (Wildman–Crippen LogP) is 3.60. The first-order valence-corrected chi connectivity index (χ1v) is 9.97. The summed E-state index contributed by atoms with van der Waals surface area (Å²) in [5.41, 5.74) is 1.54. The van der Waals surface area contributed by atoms with Gasteiger partial charge < -0.3 is 18.8 Å². The molecule has 1 aromatic carbocycles. The summed E-state index contributed by atoms with van der Waals surface area (Å²) < 4.78 is 16.7. The van der Waals surface area contributed by atoms with Gasteiger partial charge in [0.25, 0.3) is 5.91 Å². The third-order valence-corrected chi connectivity index (χ3v) is 5.03. The molecule has 0 N–H and O–H groups in total. The van der Waals surface area contributed by atoms with Gasteiger partial charge in [-0.1, -0.05) is 18.2 Å². The van der Waals surface area contributed by atoms with E-state index >= 15 is 0 Å². The van der Waals surface area contributed by atoms with Crippen LogP contribution < -0.4 is 0 Å². The molecule has 0 spiro atoms. The second-order valence-corrected chi connectivity index (χ2v) is 7.61. The van der Waals surface area contributed by atoms with E-state index in [0.717, 1.165) is 5.76 Å². The predicted molar refractivity (Wildman–Crippen MR) is 111 cm³/mol. The van der Waals surface area contributed by atoms with Crippen molar-refractivity contribution in [1.29, 1.82) is 0 Å². The molecule has 2 aromatic heterocycles. The molecule has 156 valence electrons. The number of amides is 1. The Morgan fingerprint density at radius 3 is 2.57 bits per heavy atom. The summed E-state index contributed by atoms with van der Waals surface area (Å²) in [6.45, 7) is 6.34. The quantitative estimate of drug-likeness (QED) is 0.614. The van der Waals surface area contributed by atoms with Gasteiger partial charge in [-0.2, -0.15) is 0 Å². The molecule has 7 nitrogen and oxygen atoms in total. The highest BCUT2D eigenvalue weighted by molar-refractivity contribution is 6.05. The number of carbonyl (C=O) groups is 2. The lowest BCUT2D eigenvalue weighted by molar-refractivity contribution is -0.146. The maximum atomic E-state index is 12.9. The Morgan fingerprint density at radius 1 is 1.13 bits per heavy atom. The van der Waals surface area contributed by atoms with Gasteiger partial charge in [-0.3, -0.25) is 4.79 Å². The minimum absolute atomic E-state index is 0.0446. The second kappa shape index (κ2) is 8.28. The van der Waals surface area contributed by atoms with Gasteiger partial charge in [0.05, 0.1) is 23.3 Å². The topological polar surface area (TPSA) is 81.9 Å². The SMILES string of the molecule is Cc1ccc(-c2cc(C(=O)OCC(=O)N3C[C@@H](C)O[C@@H](C)C3)c3ccccc3n2)o1. The molecule has 0 unspecified atom stereocenters. The first-order chi connectivity index (χ1) is 14.4. The number of pyridine rings is 1. The first-order valence-electron chi connectivity index (χ1n) is 9.97. The molecular weight excluding hydrogens is 384 g/mol. The average Bonchev–Trinajstić information content (AvgIpc) is 3.16. The lowest BCUT2D eigenvalue weighted by Crippen LogP contribution is -2.49.